The van der Waals surface area contributed by atoms with Gasteiger partial charge in [-0.15, -0.1) is 0 Å². The third-order valence-corrected chi connectivity index (χ3v) is 3.07. The zero-order valence-corrected chi connectivity index (χ0v) is 10.3. The van der Waals surface area contributed by atoms with Gasteiger partial charge in [0.15, 0.2) is 0 Å². The summed E-state index contributed by atoms with van der Waals surface area (Å²) in [6.07, 6.45) is 2.44. The van der Waals surface area contributed by atoms with Gasteiger partial charge in [-0.25, -0.2) is 10.8 Å². The number of nitrogen functional groups attached to an aromatic ring is 1. The minimum atomic E-state index is 0.376. The molecule has 2 rings (SSSR count). The van der Waals surface area contributed by atoms with E-state index in [1.807, 2.05) is 13.0 Å². The van der Waals surface area contributed by atoms with E-state index in [0.29, 0.717) is 12.1 Å². The van der Waals surface area contributed by atoms with Gasteiger partial charge in [0, 0.05) is 32.0 Å². The monoisotopic (exact) mass is 237 g/mol. The molecular formula is C11H19N5O. The molecule has 0 atom stereocenters. The Morgan fingerprint density at radius 2 is 2.12 bits per heavy atom. The Hall–Kier alpha value is -1.40. The topological polar surface area (TPSA) is 76.3 Å². The second kappa shape index (κ2) is 5.29. The van der Waals surface area contributed by atoms with Gasteiger partial charge < -0.3 is 9.64 Å². The van der Waals surface area contributed by atoms with Gasteiger partial charge in [-0.1, -0.05) is 0 Å². The van der Waals surface area contributed by atoms with Crippen molar-refractivity contribution in [3.05, 3.63) is 11.8 Å². The van der Waals surface area contributed by atoms with E-state index in [1.165, 1.54) is 0 Å². The Balaban J connectivity index is 2.10. The van der Waals surface area contributed by atoms with Crippen LogP contribution in [0.3, 0.4) is 0 Å². The third-order valence-electron chi connectivity index (χ3n) is 3.07. The molecule has 1 fully saturated rings. The van der Waals surface area contributed by atoms with Crippen molar-refractivity contribution in [2.24, 2.45) is 5.84 Å². The van der Waals surface area contributed by atoms with E-state index in [1.54, 1.807) is 7.11 Å². The highest BCUT2D eigenvalue weighted by atomic mass is 16.5. The molecule has 3 N–H and O–H groups in total. The lowest BCUT2D eigenvalue weighted by Gasteiger charge is -2.32. The Kier molecular flexibility index (Phi) is 3.75. The molecule has 0 saturated carbocycles. The lowest BCUT2D eigenvalue weighted by atomic mass is 10.1. The summed E-state index contributed by atoms with van der Waals surface area (Å²) in [5.41, 5.74) is 3.41. The maximum Gasteiger partial charge on any atom is 0.239 e. The summed E-state index contributed by atoms with van der Waals surface area (Å²) < 4.78 is 5.35. The van der Waals surface area contributed by atoms with Crippen molar-refractivity contribution in [2.75, 3.05) is 30.5 Å². The molecule has 1 aromatic rings. The van der Waals surface area contributed by atoms with Crippen LogP contribution in [0, 0.1) is 6.92 Å². The maximum absolute atomic E-state index is 5.35. The van der Waals surface area contributed by atoms with Crippen LogP contribution in [0.1, 0.15) is 18.5 Å². The van der Waals surface area contributed by atoms with Gasteiger partial charge in [0.2, 0.25) is 5.95 Å². The summed E-state index contributed by atoms with van der Waals surface area (Å²) in [6, 6.07) is 1.98. The highest BCUT2D eigenvalue weighted by molar-refractivity contribution is 5.44. The number of nitrogens with two attached hydrogens (primary N) is 1. The Morgan fingerprint density at radius 3 is 2.71 bits per heavy atom. The summed E-state index contributed by atoms with van der Waals surface area (Å²) in [4.78, 5) is 10.8. The first-order chi connectivity index (χ1) is 8.22. The van der Waals surface area contributed by atoms with Crippen LogP contribution in [0.15, 0.2) is 6.07 Å². The molecule has 17 heavy (non-hydrogen) atoms. The molecule has 0 aliphatic carbocycles. The number of ether oxygens (including phenoxy) is 1. The van der Waals surface area contributed by atoms with Gasteiger partial charge in [0.05, 0.1) is 6.10 Å². The van der Waals surface area contributed by atoms with Gasteiger partial charge >= 0.3 is 0 Å². The van der Waals surface area contributed by atoms with Crippen LogP contribution < -0.4 is 16.2 Å². The summed E-state index contributed by atoms with van der Waals surface area (Å²) in [5.74, 6) is 6.74. The normalized spacial score (nSPS) is 17.2. The van der Waals surface area contributed by atoms with Crippen LogP contribution in [-0.4, -0.2) is 36.3 Å². The predicted molar refractivity (Wildman–Crippen MR) is 66.8 cm³/mol. The molecule has 1 aromatic heterocycles. The minimum Gasteiger partial charge on any atom is -0.381 e. The zero-order chi connectivity index (χ0) is 12.3. The van der Waals surface area contributed by atoms with Crippen molar-refractivity contribution in [3.8, 4) is 0 Å². The SMILES string of the molecule is COC1CCN(c2cc(C)nc(NN)n2)CC1. The number of hydrogen-bond donors (Lipinski definition) is 2. The predicted octanol–water partition coefficient (Wildman–Crippen LogP) is 0.686. The second-order valence-electron chi connectivity index (χ2n) is 4.26. The first-order valence-electron chi connectivity index (χ1n) is 5.83. The van der Waals surface area contributed by atoms with E-state index in [-0.39, 0.29) is 0 Å². The van der Waals surface area contributed by atoms with Crippen LogP contribution in [0.2, 0.25) is 0 Å². The molecule has 0 bridgehead atoms. The molecule has 0 amide bonds. The highest BCUT2D eigenvalue weighted by Crippen LogP contribution is 2.20. The summed E-state index contributed by atoms with van der Waals surface area (Å²) >= 11 is 0. The molecule has 0 aromatic carbocycles. The molecule has 2 heterocycles. The van der Waals surface area contributed by atoms with Crippen molar-refractivity contribution >= 4 is 11.8 Å². The minimum absolute atomic E-state index is 0.376. The van der Waals surface area contributed by atoms with Crippen molar-refractivity contribution < 1.29 is 4.74 Å². The smallest absolute Gasteiger partial charge is 0.239 e. The molecule has 6 heteroatoms. The second-order valence-corrected chi connectivity index (χ2v) is 4.26. The molecule has 1 aliphatic rings. The average molecular weight is 237 g/mol. The lowest BCUT2D eigenvalue weighted by Crippen LogP contribution is -2.37. The molecule has 6 nitrogen and oxygen atoms in total. The quantitative estimate of drug-likeness (QED) is 0.595. The third kappa shape index (κ3) is 2.83. The molecule has 1 saturated heterocycles. The fourth-order valence-corrected chi connectivity index (χ4v) is 2.10. The number of methoxy groups -OCH3 is 1. The number of piperidine rings is 1. The van der Waals surface area contributed by atoms with Crippen LogP contribution >= 0.6 is 0 Å². The number of aryl methyl sites for hydroxylation is 1. The lowest BCUT2D eigenvalue weighted by molar-refractivity contribution is 0.0818. The summed E-state index contributed by atoms with van der Waals surface area (Å²) in [5, 5.41) is 0. The van der Waals surface area contributed by atoms with Crippen LogP contribution in [-0.2, 0) is 4.74 Å². The first kappa shape index (κ1) is 12.1. The molecular weight excluding hydrogens is 218 g/mol. The van der Waals surface area contributed by atoms with Crippen molar-refractivity contribution in [3.63, 3.8) is 0 Å². The molecule has 94 valence electrons. The van der Waals surface area contributed by atoms with E-state index in [4.69, 9.17) is 10.6 Å². The summed E-state index contributed by atoms with van der Waals surface area (Å²) in [6.45, 7) is 3.85. The van der Waals surface area contributed by atoms with Gasteiger partial charge in [0.1, 0.15) is 5.82 Å². The number of aromatic nitrogens is 2. The van der Waals surface area contributed by atoms with E-state index in [9.17, 15) is 0 Å². The fourth-order valence-electron chi connectivity index (χ4n) is 2.10. The largest absolute Gasteiger partial charge is 0.381 e. The fraction of sp³-hybridized carbons (Fsp3) is 0.636. The average Bonchev–Trinajstić information content (AvgIpc) is 2.38. The Labute approximate surface area is 101 Å². The number of hydrazine groups is 1. The van der Waals surface area contributed by atoms with Gasteiger partial charge in [-0.3, -0.25) is 5.43 Å². The van der Waals surface area contributed by atoms with Crippen molar-refractivity contribution in [1.29, 1.82) is 0 Å². The van der Waals surface area contributed by atoms with Crippen LogP contribution in [0.4, 0.5) is 11.8 Å². The molecule has 0 radical (unpaired) electrons. The van der Waals surface area contributed by atoms with Gasteiger partial charge in [-0.2, -0.15) is 4.98 Å². The van der Waals surface area contributed by atoms with E-state index in [2.05, 4.69) is 20.3 Å². The number of nitrogens with one attached hydrogen (secondary N) is 1. The maximum atomic E-state index is 5.35. The standard InChI is InChI=1S/C11H19N5O/c1-8-7-10(14-11(13-8)15-12)16-5-3-9(17-2)4-6-16/h7,9H,3-6,12H2,1-2H3,(H,13,14,15). The Bertz CT molecular complexity index is 376. The molecule has 0 unspecified atom stereocenters. The Morgan fingerprint density at radius 1 is 1.41 bits per heavy atom. The number of nitrogens with zero attached hydrogens (tertiary/aromatic N) is 3. The van der Waals surface area contributed by atoms with Crippen LogP contribution in [0.5, 0.6) is 0 Å². The van der Waals surface area contributed by atoms with Crippen molar-refractivity contribution in [2.45, 2.75) is 25.9 Å². The first-order valence-corrected chi connectivity index (χ1v) is 5.83. The zero-order valence-electron chi connectivity index (χ0n) is 10.3. The molecule has 0 spiro atoms. The van der Waals surface area contributed by atoms with E-state index >= 15 is 0 Å². The number of hydrogen-bond acceptors (Lipinski definition) is 6. The molecule has 1 aliphatic heterocycles. The van der Waals surface area contributed by atoms with Gasteiger partial charge in [0.25, 0.3) is 0 Å². The highest BCUT2D eigenvalue weighted by Gasteiger charge is 2.20. The number of anilines is 2. The summed E-state index contributed by atoms with van der Waals surface area (Å²) in [7, 11) is 1.77. The van der Waals surface area contributed by atoms with Crippen molar-refractivity contribution in [1.82, 2.24) is 9.97 Å². The van der Waals surface area contributed by atoms with E-state index < -0.39 is 0 Å². The van der Waals surface area contributed by atoms with E-state index in [0.717, 1.165) is 37.4 Å². The number of rotatable bonds is 3. The van der Waals surface area contributed by atoms with Crippen LogP contribution in [0.25, 0.3) is 0 Å². The van der Waals surface area contributed by atoms with Gasteiger partial charge in [-0.05, 0) is 19.8 Å².